The van der Waals surface area contributed by atoms with E-state index in [1.165, 1.54) is 30.5 Å². The van der Waals surface area contributed by atoms with Crippen LogP contribution >= 0.6 is 11.3 Å². The predicted octanol–water partition coefficient (Wildman–Crippen LogP) is 5.52. The maximum absolute atomic E-state index is 14.7. The number of nitrogens with zero attached hydrogens (tertiary/aromatic N) is 3. The number of aromatic nitrogens is 2. The fourth-order valence-corrected chi connectivity index (χ4v) is 4.41. The molecule has 0 bridgehead atoms. The van der Waals surface area contributed by atoms with Gasteiger partial charge in [0.05, 0.1) is 38.8 Å². The topological polar surface area (TPSA) is 64.5 Å². The Labute approximate surface area is 195 Å². The second kappa shape index (κ2) is 9.79. The van der Waals surface area contributed by atoms with Crippen molar-refractivity contribution in [2.45, 2.75) is 13.5 Å². The number of hydrogen-bond acceptors (Lipinski definition) is 6. The van der Waals surface area contributed by atoms with Crippen LogP contribution in [0.4, 0.5) is 10.1 Å². The average Bonchev–Trinajstić information content (AvgIpc) is 3.31. The fraction of sp³-hybridized carbons (Fsp3) is 0.160. The molecule has 2 aromatic carbocycles. The number of methoxy groups -OCH3 is 2. The molecule has 4 rings (SSSR count). The molecule has 168 valence electrons. The summed E-state index contributed by atoms with van der Waals surface area (Å²) in [6.07, 6.45) is 2.69. The quantitative estimate of drug-likeness (QED) is 0.361. The van der Waals surface area contributed by atoms with Gasteiger partial charge in [-0.1, -0.05) is 12.1 Å². The zero-order valence-electron chi connectivity index (χ0n) is 18.4. The molecule has 0 aliphatic rings. The number of carbonyl (C=O) groups excluding carboxylic acids is 1. The molecular weight excluding hydrogens is 441 g/mol. The van der Waals surface area contributed by atoms with E-state index < -0.39 is 11.7 Å². The number of carbonyl (C=O) groups is 1. The first-order valence-electron chi connectivity index (χ1n) is 10.2. The normalized spacial score (nSPS) is 10.7. The Hall–Kier alpha value is -3.78. The summed E-state index contributed by atoms with van der Waals surface area (Å²) in [6, 6.07) is 16.1. The predicted molar refractivity (Wildman–Crippen MR) is 127 cm³/mol. The first-order chi connectivity index (χ1) is 16.0. The maximum atomic E-state index is 14.7. The highest BCUT2D eigenvalue weighted by Gasteiger charge is 2.23. The highest BCUT2D eigenvalue weighted by Crippen LogP contribution is 2.33. The molecule has 0 spiro atoms. The molecule has 2 heterocycles. The number of hydrogen-bond donors (Lipinski definition) is 0. The Morgan fingerprint density at radius 1 is 1.03 bits per heavy atom. The molecule has 0 saturated carbocycles. The van der Waals surface area contributed by atoms with E-state index in [9.17, 15) is 9.18 Å². The summed E-state index contributed by atoms with van der Waals surface area (Å²) in [5, 5.41) is 0. The lowest BCUT2D eigenvalue weighted by atomic mass is 10.1. The van der Waals surface area contributed by atoms with Crippen LogP contribution in [0.2, 0.25) is 0 Å². The van der Waals surface area contributed by atoms with Gasteiger partial charge in [-0.15, -0.1) is 11.3 Å². The third kappa shape index (κ3) is 4.85. The van der Waals surface area contributed by atoms with Crippen LogP contribution in [-0.2, 0) is 6.54 Å². The van der Waals surface area contributed by atoms with E-state index in [0.717, 1.165) is 26.6 Å². The molecule has 0 saturated heterocycles. The van der Waals surface area contributed by atoms with Crippen LogP contribution in [0.1, 0.15) is 20.9 Å². The Morgan fingerprint density at radius 3 is 2.52 bits per heavy atom. The minimum absolute atomic E-state index is 0.0987. The first kappa shape index (κ1) is 22.4. The number of thiophene rings is 1. The molecule has 0 atom stereocenters. The van der Waals surface area contributed by atoms with Crippen molar-refractivity contribution in [3.05, 3.63) is 88.9 Å². The fourth-order valence-electron chi connectivity index (χ4n) is 3.41. The monoisotopic (exact) mass is 463 g/mol. The molecule has 0 aliphatic heterocycles. The van der Waals surface area contributed by atoms with Crippen LogP contribution in [0, 0.1) is 12.7 Å². The van der Waals surface area contributed by atoms with E-state index in [0.29, 0.717) is 5.88 Å². The van der Waals surface area contributed by atoms with Crippen LogP contribution < -0.4 is 14.4 Å². The lowest BCUT2D eigenvalue weighted by Crippen LogP contribution is -2.31. The molecule has 4 aromatic rings. The van der Waals surface area contributed by atoms with Gasteiger partial charge >= 0.3 is 0 Å². The van der Waals surface area contributed by atoms with Gasteiger partial charge in [0, 0.05) is 9.75 Å². The summed E-state index contributed by atoms with van der Waals surface area (Å²) in [7, 11) is 3.11. The third-order valence-corrected chi connectivity index (χ3v) is 6.22. The van der Waals surface area contributed by atoms with Crippen molar-refractivity contribution in [3.63, 3.8) is 0 Å². The SMILES string of the molecule is COc1cnc(C(=O)N(Cc2ccc(-c3ccc(OC)c(C)c3)s2)c2ccccc2F)cn1. The van der Waals surface area contributed by atoms with E-state index in [1.807, 2.05) is 31.2 Å². The molecule has 6 nitrogen and oxygen atoms in total. The van der Waals surface area contributed by atoms with Crippen molar-refractivity contribution in [1.29, 1.82) is 0 Å². The van der Waals surface area contributed by atoms with Crippen molar-refractivity contribution < 1.29 is 18.7 Å². The van der Waals surface area contributed by atoms with Gasteiger partial charge in [-0.05, 0) is 60.5 Å². The van der Waals surface area contributed by atoms with E-state index in [-0.39, 0.29) is 17.9 Å². The van der Waals surface area contributed by atoms with E-state index in [1.54, 1.807) is 36.6 Å². The molecule has 2 aromatic heterocycles. The lowest BCUT2D eigenvalue weighted by molar-refractivity contribution is 0.0979. The van der Waals surface area contributed by atoms with Crippen molar-refractivity contribution in [3.8, 4) is 22.1 Å². The molecule has 0 radical (unpaired) electrons. The van der Waals surface area contributed by atoms with Crippen LogP contribution in [-0.4, -0.2) is 30.1 Å². The zero-order chi connectivity index (χ0) is 23.4. The second-order valence-electron chi connectivity index (χ2n) is 7.24. The lowest BCUT2D eigenvalue weighted by Gasteiger charge is -2.22. The minimum Gasteiger partial charge on any atom is -0.496 e. The van der Waals surface area contributed by atoms with Gasteiger partial charge in [0.15, 0.2) is 0 Å². The molecule has 0 N–H and O–H groups in total. The number of benzene rings is 2. The Kier molecular flexibility index (Phi) is 6.65. The van der Waals surface area contributed by atoms with Crippen LogP contribution in [0.15, 0.2) is 67.0 Å². The summed E-state index contributed by atoms with van der Waals surface area (Å²) >= 11 is 1.54. The molecule has 1 amide bonds. The van der Waals surface area contributed by atoms with Gasteiger partial charge in [0.1, 0.15) is 17.3 Å². The van der Waals surface area contributed by atoms with Gasteiger partial charge in [-0.25, -0.2) is 14.4 Å². The van der Waals surface area contributed by atoms with Gasteiger partial charge in [-0.3, -0.25) is 9.69 Å². The van der Waals surface area contributed by atoms with Crippen LogP contribution in [0.5, 0.6) is 11.6 Å². The van der Waals surface area contributed by atoms with Crippen LogP contribution in [0.25, 0.3) is 10.4 Å². The van der Waals surface area contributed by atoms with E-state index in [2.05, 4.69) is 16.0 Å². The minimum atomic E-state index is -0.491. The summed E-state index contributed by atoms with van der Waals surface area (Å²) in [5.41, 5.74) is 2.36. The maximum Gasteiger partial charge on any atom is 0.278 e. The highest BCUT2D eigenvalue weighted by molar-refractivity contribution is 7.15. The van der Waals surface area contributed by atoms with Gasteiger partial charge in [0.25, 0.3) is 5.91 Å². The largest absolute Gasteiger partial charge is 0.496 e. The van der Waals surface area contributed by atoms with Gasteiger partial charge in [-0.2, -0.15) is 0 Å². The number of rotatable bonds is 7. The van der Waals surface area contributed by atoms with Gasteiger partial charge < -0.3 is 9.47 Å². The third-order valence-electron chi connectivity index (χ3n) is 5.10. The molecule has 33 heavy (non-hydrogen) atoms. The standard InChI is InChI=1S/C25H22FN3O3S/c1-16-12-17(8-10-22(16)31-2)23-11-9-18(33-23)15-29(21-7-5-4-6-19(21)26)25(30)20-13-28-24(32-3)14-27-20/h4-14H,15H2,1-3H3. The first-order valence-corrected chi connectivity index (χ1v) is 11.0. The van der Waals surface area contributed by atoms with Gasteiger partial charge in [0.2, 0.25) is 5.88 Å². The van der Waals surface area contributed by atoms with E-state index in [4.69, 9.17) is 9.47 Å². The molecule has 0 aliphatic carbocycles. The number of anilines is 1. The highest BCUT2D eigenvalue weighted by atomic mass is 32.1. The summed E-state index contributed by atoms with van der Waals surface area (Å²) in [4.78, 5) is 24.8. The Balaban J connectivity index is 1.65. The zero-order valence-corrected chi connectivity index (χ0v) is 19.2. The molecule has 8 heteroatoms. The number of aryl methyl sites for hydroxylation is 1. The number of amides is 1. The number of ether oxygens (including phenoxy) is 2. The summed E-state index contributed by atoms with van der Waals surface area (Å²) < 4.78 is 25.0. The van der Waals surface area contributed by atoms with Crippen molar-refractivity contribution in [2.24, 2.45) is 0 Å². The van der Waals surface area contributed by atoms with E-state index >= 15 is 0 Å². The summed E-state index contributed by atoms with van der Waals surface area (Å²) in [6.45, 7) is 2.18. The van der Waals surface area contributed by atoms with Crippen molar-refractivity contribution in [2.75, 3.05) is 19.1 Å². The van der Waals surface area contributed by atoms with Crippen molar-refractivity contribution in [1.82, 2.24) is 9.97 Å². The molecular formula is C25H22FN3O3S. The second-order valence-corrected chi connectivity index (χ2v) is 8.41. The number of halogens is 1. The average molecular weight is 464 g/mol. The smallest absolute Gasteiger partial charge is 0.278 e. The molecule has 0 fully saturated rings. The Bertz CT molecular complexity index is 1270. The molecule has 0 unspecified atom stereocenters. The Morgan fingerprint density at radius 2 is 1.85 bits per heavy atom. The van der Waals surface area contributed by atoms with Crippen molar-refractivity contribution >= 4 is 22.9 Å². The van der Waals surface area contributed by atoms with Crippen LogP contribution in [0.3, 0.4) is 0 Å². The number of para-hydroxylation sites is 1. The summed E-state index contributed by atoms with van der Waals surface area (Å²) in [5.74, 6) is 0.175.